The Morgan fingerprint density at radius 1 is 1.28 bits per heavy atom. The molecule has 1 aliphatic heterocycles. The van der Waals surface area contributed by atoms with Gasteiger partial charge in [0, 0.05) is 30.1 Å². The van der Waals surface area contributed by atoms with Crippen LogP contribution in [-0.4, -0.2) is 29.1 Å². The lowest BCUT2D eigenvalue weighted by Crippen LogP contribution is -2.38. The molecule has 1 aromatic carbocycles. The standard InChI is InChI=1S/C20H27N3O2/c1-12(2)17-18(22-25-19(17)21)15-7-9-23(10-8-15)20(24)16-6-5-13(3)11-14(16)4/h5-6,11-12,15H,7-10,21H2,1-4H3. The molecule has 5 heteroatoms. The van der Waals surface area contributed by atoms with Crippen LogP contribution in [0.1, 0.15) is 71.3 Å². The van der Waals surface area contributed by atoms with E-state index in [4.69, 9.17) is 10.3 Å². The van der Waals surface area contributed by atoms with Crippen molar-refractivity contribution < 1.29 is 9.32 Å². The molecule has 2 N–H and O–H groups in total. The second kappa shape index (κ2) is 6.90. The largest absolute Gasteiger partial charge is 0.367 e. The molecule has 2 heterocycles. The van der Waals surface area contributed by atoms with Crippen LogP contribution in [0, 0.1) is 13.8 Å². The predicted molar refractivity (Wildman–Crippen MR) is 98.8 cm³/mol. The van der Waals surface area contributed by atoms with Crippen molar-refractivity contribution in [3.63, 3.8) is 0 Å². The number of amides is 1. The first kappa shape index (κ1) is 17.5. The highest BCUT2D eigenvalue weighted by Crippen LogP contribution is 2.36. The number of aromatic nitrogens is 1. The van der Waals surface area contributed by atoms with Gasteiger partial charge in [-0.15, -0.1) is 0 Å². The van der Waals surface area contributed by atoms with Crippen LogP contribution >= 0.6 is 0 Å². The molecule has 1 aromatic heterocycles. The lowest BCUT2D eigenvalue weighted by Gasteiger charge is -2.32. The van der Waals surface area contributed by atoms with E-state index in [2.05, 4.69) is 25.1 Å². The zero-order valence-electron chi connectivity index (χ0n) is 15.5. The summed E-state index contributed by atoms with van der Waals surface area (Å²) in [5.74, 6) is 1.15. The molecule has 25 heavy (non-hydrogen) atoms. The number of anilines is 1. The van der Waals surface area contributed by atoms with Crippen LogP contribution in [0.3, 0.4) is 0 Å². The molecule has 1 amide bonds. The zero-order valence-corrected chi connectivity index (χ0v) is 15.5. The van der Waals surface area contributed by atoms with Gasteiger partial charge in [-0.25, -0.2) is 0 Å². The minimum Gasteiger partial charge on any atom is -0.367 e. The first-order valence-corrected chi connectivity index (χ1v) is 9.00. The highest BCUT2D eigenvalue weighted by molar-refractivity contribution is 5.95. The molecule has 0 atom stereocenters. The fourth-order valence-corrected chi connectivity index (χ4v) is 3.78. The number of carbonyl (C=O) groups excluding carboxylic acids is 1. The van der Waals surface area contributed by atoms with Crippen molar-refractivity contribution in [3.8, 4) is 0 Å². The number of nitrogens with zero attached hydrogens (tertiary/aromatic N) is 2. The van der Waals surface area contributed by atoms with Crippen LogP contribution in [0.2, 0.25) is 0 Å². The van der Waals surface area contributed by atoms with Crippen molar-refractivity contribution in [2.75, 3.05) is 18.8 Å². The van der Waals surface area contributed by atoms with Crippen LogP contribution in [0.4, 0.5) is 5.88 Å². The summed E-state index contributed by atoms with van der Waals surface area (Å²) in [6.07, 6.45) is 1.78. The van der Waals surface area contributed by atoms with E-state index >= 15 is 0 Å². The van der Waals surface area contributed by atoms with Gasteiger partial charge in [0.15, 0.2) is 0 Å². The second-order valence-corrected chi connectivity index (χ2v) is 7.39. The molecule has 0 bridgehead atoms. The Morgan fingerprint density at radius 2 is 1.96 bits per heavy atom. The minimum absolute atomic E-state index is 0.125. The third-order valence-corrected chi connectivity index (χ3v) is 5.14. The van der Waals surface area contributed by atoms with Gasteiger partial charge in [0.05, 0.1) is 5.69 Å². The topological polar surface area (TPSA) is 72.4 Å². The number of nitrogen functional groups attached to an aromatic ring is 1. The second-order valence-electron chi connectivity index (χ2n) is 7.39. The van der Waals surface area contributed by atoms with Gasteiger partial charge in [-0.1, -0.05) is 36.7 Å². The van der Waals surface area contributed by atoms with E-state index in [1.54, 1.807) is 0 Å². The SMILES string of the molecule is Cc1ccc(C(=O)N2CCC(c3noc(N)c3C(C)C)CC2)c(C)c1. The zero-order chi connectivity index (χ0) is 18.1. The molecule has 134 valence electrons. The number of nitrogens with two attached hydrogens (primary N) is 1. The highest BCUT2D eigenvalue weighted by atomic mass is 16.5. The van der Waals surface area contributed by atoms with Crippen LogP contribution in [0.25, 0.3) is 0 Å². The molecule has 1 saturated heterocycles. The van der Waals surface area contributed by atoms with Gasteiger partial charge < -0.3 is 15.2 Å². The predicted octanol–water partition coefficient (Wildman–Crippen LogP) is 4.02. The van der Waals surface area contributed by atoms with Crippen molar-refractivity contribution >= 4 is 11.8 Å². The monoisotopic (exact) mass is 341 g/mol. The lowest BCUT2D eigenvalue weighted by molar-refractivity contribution is 0.0710. The van der Waals surface area contributed by atoms with Crippen molar-refractivity contribution in [1.29, 1.82) is 0 Å². The van der Waals surface area contributed by atoms with Crippen LogP contribution in [0.15, 0.2) is 22.7 Å². The molecule has 0 saturated carbocycles. The van der Waals surface area contributed by atoms with Crippen molar-refractivity contribution in [1.82, 2.24) is 10.1 Å². The quantitative estimate of drug-likeness (QED) is 0.915. The van der Waals surface area contributed by atoms with Crippen LogP contribution in [0.5, 0.6) is 0 Å². The molecule has 3 rings (SSSR count). The van der Waals surface area contributed by atoms with Gasteiger partial charge in [0.25, 0.3) is 5.91 Å². The average Bonchev–Trinajstić information content (AvgIpc) is 2.96. The summed E-state index contributed by atoms with van der Waals surface area (Å²) in [5.41, 5.74) is 11.0. The summed E-state index contributed by atoms with van der Waals surface area (Å²) in [6.45, 7) is 9.72. The van der Waals surface area contributed by atoms with E-state index in [0.29, 0.717) is 11.8 Å². The molecular formula is C20H27N3O2. The van der Waals surface area contributed by atoms with Crippen LogP contribution < -0.4 is 5.73 Å². The number of likely N-dealkylation sites (tertiary alicyclic amines) is 1. The van der Waals surface area contributed by atoms with Gasteiger partial charge in [0.2, 0.25) is 5.88 Å². The number of rotatable bonds is 3. The molecular weight excluding hydrogens is 314 g/mol. The van der Waals surface area contributed by atoms with Crippen LogP contribution in [-0.2, 0) is 0 Å². The molecule has 0 aliphatic carbocycles. The molecule has 1 fully saturated rings. The van der Waals surface area contributed by atoms with Gasteiger partial charge in [-0.2, -0.15) is 0 Å². The van der Waals surface area contributed by atoms with Gasteiger partial charge in [0.1, 0.15) is 0 Å². The molecule has 1 aliphatic rings. The fraction of sp³-hybridized carbons (Fsp3) is 0.500. The number of carbonyl (C=O) groups is 1. The van der Waals surface area contributed by atoms with E-state index in [9.17, 15) is 4.79 Å². The number of hydrogen-bond donors (Lipinski definition) is 1. The molecule has 0 radical (unpaired) electrons. The molecule has 0 spiro atoms. The first-order chi connectivity index (χ1) is 11.9. The maximum absolute atomic E-state index is 12.8. The van der Waals surface area contributed by atoms with Crippen molar-refractivity contribution in [2.24, 2.45) is 0 Å². The van der Waals surface area contributed by atoms with Crippen molar-refractivity contribution in [2.45, 2.75) is 52.4 Å². The Bertz CT molecular complexity index is 771. The fourth-order valence-electron chi connectivity index (χ4n) is 3.78. The Labute approximate surface area is 149 Å². The summed E-state index contributed by atoms with van der Waals surface area (Å²) < 4.78 is 5.23. The van der Waals surface area contributed by atoms with Gasteiger partial charge in [-0.3, -0.25) is 4.79 Å². The first-order valence-electron chi connectivity index (χ1n) is 9.00. The van der Waals surface area contributed by atoms with Gasteiger partial charge in [-0.05, 0) is 44.2 Å². The Balaban J connectivity index is 1.71. The molecule has 5 nitrogen and oxygen atoms in total. The smallest absolute Gasteiger partial charge is 0.254 e. The Morgan fingerprint density at radius 3 is 2.56 bits per heavy atom. The Hall–Kier alpha value is -2.30. The number of hydrogen-bond acceptors (Lipinski definition) is 4. The molecule has 0 unspecified atom stereocenters. The molecule has 2 aromatic rings. The van der Waals surface area contributed by atoms with E-state index in [1.807, 2.05) is 30.9 Å². The third kappa shape index (κ3) is 3.41. The van der Waals surface area contributed by atoms with Gasteiger partial charge >= 0.3 is 0 Å². The maximum atomic E-state index is 12.8. The van der Waals surface area contributed by atoms with E-state index in [1.165, 1.54) is 5.56 Å². The summed E-state index contributed by atoms with van der Waals surface area (Å²) in [6, 6.07) is 6.00. The lowest BCUT2D eigenvalue weighted by atomic mass is 9.88. The number of piperidine rings is 1. The maximum Gasteiger partial charge on any atom is 0.254 e. The van der Waals surface area contributed by atoms with Crippen molar-refractivity contribution in [3.05, 3.63) is 46.1 Å². The summed E-state index contributed by atoms with van der Waals surface area (Å²) in [7, 11) is 0. The average molecular weight is 341 g/mol. The highest BCUT2D eigenvalue weighted by Gasteiger charge is 2.30. The third-order valence-electron chi connectivity index (χ3n) is 5.14. The van der Waals surface area contributed by atoms with E-state index < -0.39 is 0 Å². The number of benzene rings is 1. The minimum atomic E-state index is 0.125. The summed E-state index contributed by atoms with van der Waals surface area (Å²) >= 11 is 0. The Kier molecular flexibility index (Phi) is 4.84. The summed E-state index contributed by atoms with van der Waals surface area (Å²) in [5, 5.41) is 4.21. The van der Waals surface area contributed by atoms with E-state index in [-0.39, 0.29) is 11.8 Å². The number of aryl methyl sites for hydroxylation is 2. The van der Waals surface area contributed by atoms with E-state index in [0.717, 1.165) is 48.3 Å². The summed E-state index contributed by atoms with van der Waals surface area (Å²) in [4.78, 5) is 14.8. The normalized spacial score (nSPS) is 15.8.